The first-order valence-corrected chi connectivity index (χ1v) is 7.22. The summed E-state index contributed by atoms with van der Waals surface area (Å²) in [5.41, 5.74) is 4.45. The van der Waals surface area contributed by atoms with Gasteiger partial charge in [-0.05, 0) is 48.6 Å². The standard InChI is InChI=1S/C14H10ClFN4O3S/c15-9-2-4-10(5-3-9)17-14(24)19-18-13(21)8-1-6-11(16)12(7-8)20(22)23/h1-7H,(H,18,21)(H2,17,19,24). The second-order valence-electron chi connectivity index (χ2n) is 4.46. The lowest BCUT2D eigenvalue weighted by Gasteiger charge is -2.11. The van der Waals surface area contributed by atoms with Gasteiger partial charge < -0.3 is 5.32 Å². The normalized spacial score (nSPS) is 9.92. The molecule has 0 fully saturated rings. The van der Waals surface area contributed by atoms with E-state index in [-0.39, 0.29) is 10.7 Å². The van der Waals surface area contributed by atoms with Crippen molar-refractivity contribution in [2.24, 2.45) is 0 Å². The van der Waals surface area contributed by atoms with E-state index in [9.17, 15) is 19.3 Å². The third-order valence-corrected chi connectivity index (χ3v) is 3.25. The Balaban J connectivity index is 1.95. The largest absolute Gasteiger partial charge is 0.331 e. The van der Waals surface area contributed by atoms with Crippen molar-refractivity contribution in [2.45, 2.75) is 0 Å². The molecule has 1 amide bonds. The van der Waals surface area contributed by atoms with Crippen molar-refractivity contribution in [3.8, 4) is 0 Å². The van der Waals surface area contributed by atoms with E-state index in [1.807, 2.05) is 0 Å². The average Bonchev–Trinajstić information content (AvgIpc) is 2.55. The first-order chi connectivity index (χ1) is 11.4. The Labute approximate surface area is 145 Å². The Kier molecular flexibility index (Phi) is 5.61. The number of carbonyl (C=O) groups excluding carboxylic acids is 1. The molecule has 10 heteroatoms. The van der Waals surface area contributed by atoms with Crippen LogP contribution in [0.15, 0.2) is 42.5 Å². The van der Waals surface area contributed by atoms with Gasteiger partial charge in [0.05, 0.1) is 4.92 Å². The summed E-state index contributed by atoms with van der Waals surface area (Å²) < 4.78 is 13.2. The highest BCUT2D eigenvalue weighted by molar-refractivity contribution is 7.80. The van der Waals surface area contributed by atoms with Crippen LogP contribution < -0.4 is 16.2 Å². The quantitative estimate of drug-likeness (QED) is 0.438. The summed E-state index contributed by atoms with van der Waals surface area (Å²) in [4.78, 5) is 21.7. The van der Waals surface area contributed by atoms with Crippen LogP contribution in [-0.4, -0.2) is 15.9 Å². The summed E-state index contributed by atoms with van der Waals surface area (Å²) in [6, 6.07) is 9.47. The number of benzene rings is 2. The fraction of sp³-hybridized carbons (Fsp3) is 0. The number of hydrogen-bond acceptors (Lipinski definition) is 4. The van der Waals surface area contributed by atoms with E-state index in [4.69, 9.17) is 23.8 Å². The van der Waals surface area contributed by atoms with Crippen molar-refractivity contribution in [2.75, 3.05) is 5.32 Å². The van der Waals surface area contributed by atoms with Gasteiger partial charge in [0, 0.05) is 22.3 Å². The molecule has 0 aromatic heterocycles. The zero-order chi connectivity index (χ0) is 17.7. The second kappa shape index (κ2) is 7.66. The maximum absolute atomic E-state index is 13.2. The number of nitro groups is 1. The van der Waals surface area contributed by atoms with Gasteiger partial charge in [-0.1, -0.05) is 11.6 Å². The predicted octanol–water partition coefficient (Wildman–Crippen LogP) is 3.02. The van der Waals surface area contributed by atoms with Gasteiger partial charge in [-0.2, -0.15) is 4.39 Å². The first-order valence-electron chi connectivity index (χ1n) is 6.43. The molecule has 3 N–H and O–H groups in total. The molecular weight excluding hydrogens is 359 g/mol. The van der Waals surface area contributed by atoms with Crippen molar-refractivity contribution < 1.29 is 14.1 Å². The SMILES string of the molecule is O=C(NNC(=S)Nc1ccc(Cl)cc1)c1ccc(F)c([N+](=O)[O-])c1. The van der Waals surface area contributed by atoms with Crippen LogP contribution in [-0.2, 0) is 0 Å². The topological polar surface area (TPSA) is 96.3 Å². The zero-order valence-electron chi connectivity index (χ0n) is 11.9. The first kappa shape index (κ1) is 17.6. The van der Waals surface area contributed by atoms with Crippen LogP contribution >= 0.6 is 23.8 Å². The van der Waals surface area contributed by atoms with Gasteiger partial charge in [-0.25, -0.2) is 0 Å². The Bertz CT molecular complexity index is 801. The molecule has 0 aliphatic carbocycles. The van der Waals surface area contributed by atoms with Crippen LogP contribution in [0.4, 0.5) is 15.8 Å². The number of thiocarbonyl (C=S) groups is 1. The fourth-order valence-corrected chi connectivity index (χ4v) is 1.97. The van der Waals surface area contributed by atoms with E-state index in [1.54, 1.807) is 24.3 Å². The van der Waals surface area contributed by atoms with E-state index in [2.05, 4.69) is 16.2 Å². The molecular formula is C14H10ClFN4O3S. The highest BCUT2D eigenvalue weighted by atomic mass is 35.5. The number of amides is 1. The van der Waals surface area contributed by atoms with Crippen molar-refractivity contribution >= 4 is 46.2 Å². The zero-order valence-corrected chi connectivity index (χ0v) is 13.5. The minimum absolute atomic E-state index is 0.0854. The van der Waals surface area contributed by atoms with Crippen molar-refractivity contribution in [1.29, 1.82) is 0 Å². The molecule has 2 aromatic rings. The molecule has 0 heterocycles. The van der Waals surface area contributed by atoms with E-state index in [0.29, 0.717) is 10.7 Å². The highest BCUT2D eigenvalue weighted by Crippen LogP contribution is 2.18. The lowest BCUT2D eigenvalue weighted by atomic mass is 10.2. The number of rotatable bonds is 3. The fourth-order valence-electron chi connectivity index (χ4n) is 1.68. The van der Waals surface area contributed by atoms with Gasteiger partial charge in [0.25, 0.3) is 5.91 Å². The number of nitrogens with one attached hydrogen (secondary N) is 3. The monoisotopic (exact) mass is 368 g/mol. The molecule has 0 aliphatic rings. The molecule has 0 spiro atoms. The molecule has 0 radical (unpaired) electrons. The molecule has 0 unspecified atom stereocenters. The van der Waals surface area contributed by atoms with Gasteiger partial charge in [-0.15, -0.1) is 0 Å². The molecule has 124 valence electrons. The van der Waals surface area contributed by atoms with Crippen molar-refractivity contribution in [3.05, 3.63) is 69.0 Å². The Hall–Kier alpha value is -2.78. The molecule has 7 nitrogen and oxygen atoms in total. The molecule has 0 atom stereocenters. The summed E-state index contributed by atoms with van der Waals surface area (Å²) in [6.07, 6.45) is 0. The van der Waals surface area contributed by atoms with Crippen molar-refractivity contribution in [1.82, 2.24) is 10.9 Å². The Morgan fingerprint density at radius 1 is 1.17 bits per heavy atom. The molecule has 0 saturated heterocycles. The molecule has 24 heavy (non-hydrogen) atoms. The van der Waals surface area contributed by atoms with Crippen LogP contribution in [0.1, 0.15) is 10.4 Å². The number of carbonyl (C=O) groups is 1. The third kappa shape index (κ3) is 4.61. The van der Waals surface area contributed by atoms with Crippen LogP contribution in [0.3, 0.4) is 0 Å². The number of nitrogens with zero attached hydrogens (tertiary/aromatic N) is 1. The summed E-state index contributed by atoms with van der Waals surface area (Å²) in [5, 5.41) is 14.1. The van der Waals surface area contributed by atoms with Crippen LogP contribution in [0.25, 0.3) is 0 Å². The smallest absolute Gasteiger partial charge is 0.305 e. The highest BCUT2D eigenvalue weighted by Gasteiger charge is 2.17. The van der Waals surface area contributed by atoms with Crippen LogP contribution in [0.5, 0.6) is 0 Å². The van der Waals surface area contributed by atoms with Gasteiger partial charge in [-0.3, -0.25) is 25.8 Å². The summed E-state index contributed by atoms with van der Waals surface area (Å²) in [5.74, 6) is -1.73. The van der Waals surface area contributed by atoms with Gasteiger partial charge >= 0.3 is 5.69 Å². The number of halogens is 2. The van der Waals surface area contributed by atoms with Crippen molar-refractivity contribution in [3.63, 3.8) is 0 Å². The maximum Gasteiger partial charge on any atom is 0.305 e. The Morgan fingerprint density at radius 3 is 2.46 bits per heavy atom. The van der Waals surface area contributed by atoms with E-state index < -0.39 is 22.3 Å². The van der Waals surface area contributed by atoms with Crippen LogP contribution in [0, 0.1) is 15.9 Å². The molecule has 0 bridgehead atoms. The summed E-state index contributed by atoms with van der Waals surface area (Å²) in [7, 11) is 0. The van der Waals surface area contributed by atoms with E-state index >= 15 is 0 Å². The molecule has 0 aliphatic heterocycles. The third-order valence-electron chi connectivity index (χ3n) is 2.80. The minimum Gasteiger partial charge on any atom is -0.331 e. The number of nitro benzene ring substituents is 1. The summed E-state index contributed by atoms with van der Waals surface area (Å²) in [6.45, 7) is 0. The maximum atomic E-state index is 13.2. The van der Waals surface area contributed by atoms with E-state index in [1.165, 1.54) is 0 Å². The predicted molar refractivity (Wildman–Crippen MR) is 91.3 cm³/mol. The van der Waals surface area contributed by atoms with Crippen LogP contribution in [0.2, 0.25) is 5.02 Å². The lowest BCUT2D eigenvalue weighted by molar-refractivity contribution is -0.387. The van der Waals surface area contributed by atoms with Gasteiger partial charge in [0.15, 0.2) is 5.11 Å². The van der Waals surface area contributed by atoms with Gasteiger partial charge in [0.1, 0.15) is 0 Å². The second-order valence-corrected chi connectivity index (χ2v) is 5.31. The lowest BCUT2D eigenvalue weighted by Crippen LogP contribution is -2.43. The average molecular weight is 369 g/mol. The number of anilines is 1. The molecule has 2 rings (SSSR count). The van der Waals surface area contributed by atoms with E-state index in [0.717, 1.165) is 18.2 Å². The van der Waals surface area contributed by atoms with Gasteiger partial charge in [0.2, 0.25) is 5.82 Å². The Morgan fingerprint density at radius 2 is 1.83 bits per heavy atom. The molecule has 2 aromatic carbocycles. The number of hydrogen-bond donors (Lipinski definition) is 3. The molecule has 0 saturated carbocycles. The minimum atomic E-state index is -1.02. The number of hydrazine groups is 1. The summed E-state index contributed by atoms with van der Waals surface area (Å²) >= 11 is 10.7.